The lowest BCUT2D eigenvalue weighted by Crippen LogP contribution is -2.20. The van der Waals surface area contributed by atoms with E-state index in [1.807, 2.05) is 30.3 Å². The number of fused-ring (bicyclic) bond motifs is 1. The molecule has 0 saturated carbocycles. The monoisotopic (exact) mass is 257 g/mol. The molecule has 0 radical (unpaired) electrons. The molecule has 0 aliphatic rings. The van der Waals surface area contributed by atoms with Crippen molar-refractivity contribution in [2.24, 2.45) is 0 Å². The Bertz CT molecular complexity index is 686. The Balaban J connectivity index is 1.96. The van der Waals surface area contributed by atoms with Crippen molar-refractivity contribution in [3.63, 3.8) is 0 Å². The Kier molecular flexibility index (Phi) is 2.82. The number of benzene rings is 2. The third-order valence-corrected chi connectivity index (χ3v) is 3.25. The topological polar surface area (TPSA) is 4.93 Å². The van der Waals surface area contributed by atoms with Gasteiger partial charge >= 0.3 is 0 Å². The molecular formula is C16H13F2N. The van der Waals surface area contributed by atoms with E-state index in [0.717, 1.165) is 10.9 Å². The summed E-state index contributed by atoms with van der Waals surface area (Å²) in [6, 6.07) is 17.3. The first-order valence-electron chi connectivity index (χ1n) is 6.14. The first-order chi connectivity index (χ1) is 9.17. The summed E-state index contributed by atoms with van der Waals surface area (Å²) in [5, 5.41) is 0.978. The number of hydrogen-bond donors (Lipinski definition) is 0. The minimum Gasteiger partial charge on any atom is -0.341 e. The summed E-state index contributed by atoms with van der Waals surface area (Å²) in [6.45, 7) is -0.343. The van der Waals surface area contributed by atoms with E-state index >= 15 is 0 Å². The van der Waals surface area contributed by atoms with Crippen LogP contribution in [0.1, 0.15) is 5.56 Å². The zero-order chi connectivity index (χ0) is 13.3. The molecule has 0 bridgehead atoms. The van der Waals surface area contributed by atoms with Gasteiger partial charge in [0.2, 0.25) is 0 Å². The molecular weight excluding hydrogens is 244 g/mol. The zero-order valence-corrected chi connectivity index (χ0v) is 10.3. The van der Waals surface area contributed by atoms with Gasteiger partial charge in [0.05, 0.1) is 6.54 Å². The standard InChI is InChI=1S/C16H13F2N/c17-16(18,14-7-2-1-3-8-14)12-19-11-10-13-6-4-5-9-15(13)19/h1-11H,12H2. The lowest BCUT2D eigenvalue weighted by atomic mass is 10.1. The maximum absolute atomic E-state index is 14.2. The van der Waals surface area contributed by atoms with E-state index in [9.17, 15) is 8.78 Å². The fourth-order valence-corrected chi connectivity index (χ4v) is 2.27. The molecule has 3 aromatic rings. The molecule has 96 valence electrons. The van der Waals surface area contributed by atoms with Gasteiger partial charge in [0.25, 0.3) is 5.92 Å². The van der Waals surface area contributed by atoms with Crippen molar-refractivity contribution in [1.82, 2.24) is 4.57 Å². The Hall–Kier alpha value is -2.16. The molecule has 0 aliphatic carbocycles. The fraction of sp³-hybridized carbons (Fsp3) is 0.125. The second kappa shape index (κ2) is 4.50. The molecule has 1 aromatic heterocycles. The van der Waals surface area contributed by atoms with Crippen LogP contribution in [0.4, 0.5) is 8.78 Å². The van der Waals surface area contributed by atoms with Crippen molar-refractivity contribution >= 4 is 10.9 Å². The smallest absolute Gasteiger partial charge is 0.290 e. The number of hydrogen-bond acceptors (Lipinski definition) is 0. The highest BCUT2D eigenvalue weighted by Crippen LogP contribution is 2.31. The first kappa shape index (κ1) is 11.9. The number of nitrogens with zero attached hydrogens (tertiary/aromatic N) is 1. The molecule has 0 spiro atoms. The van der Waals surface area contributed by atoms with E-state index in [1.54, 1.807) is 29.0 Å². The van der Waals surface area contributed by atoms with E-state index in [2.05, 4.69) is 0 Å². The van der Waals surface area contributed by atoms with E-state index < -0.39 is 5.92 Å². The van der Waals surface area contributed by atoms with E-state index in [4.69, 9.17) is 0 Å². The van der Waals surface area contributed by atoms with Gasteiger partial charge in [0, 0.05) is 17.3 Å². The molecule has 0 atom stereocenters. The summed E-state index contributed by atoms with van der Waals surface area (Å²) in [5.41, 5.74) is 0.880. The highest BCUT2D eigenvalue weighted by Gasteiger charge is 2.31. The van der Waals surface area contributed by atoms with Gasteiger partial charge < -0.3 is 4.57 Å². The van der Waals surface area contributed by atoms with Crippen LogP contribution in [-0.4, -0.2) is 4.57 Å². The molecule has 0 N–H and O–H groups in total. The van der Waals surface area contributed by atoms with Gasteiger partial charge in [-0.25, -0.2) is 0 Å². The summed E-state index contributed by atoms with van der Waals surface area (Å²) in [5.74, 6) is -2.87. The predicted octanol–water partition coefficient (Wildman–Crippen LogP) is 4.43. The Morgan fingerprint density at radius 3 is 2.32 bits per heavy atom. The predicted molar refractivity (Wildman–Crippen MR) is 72.3 cm³/mol. The van der Waals surface area contributed by atoms with Crippen LogP contribution in [0, 0.1) is 0 Å². The summed E-state index contributed by atoms with van der Waals surface area (Å²) in [4.78, 5) is 0. The second-order valence-electron chi connectivity index (χ2n) is 4.57. The molecule has 0 fully saturated rings. The highest BCUT2D eigenvalue weighted by molar-refractivity contribution is 5.79. The lowest BCUT2D eigenvalue weighted by molar-refractivity contribution is -0.0211. The van der Waals surface area contributed by atoms with Crippen LogP contribution < -0.4 is 0 Å². The largest absolute Gasteiger partial charge is 0.341 e. The van der Waals surface area contributed by atoms with Crippen LogP contribution >= 0.6 is 0 Å². The Morgan fingerprint density at radius 1 is 0.842 bits per heavy atom. The van der Waals surface area contributed by atoms with Gasteiger partial charge in [0.15, 0.2) is 0 Å². The zero-order valence-electron chi connectivity index (χ0n) is 10.3. The second-order valence-corrected chi connectivity index (χ2v) is 4.57. The SMILES string of the molecule is FC(F)(Cn1ccc2ccccc21)c1ccccc1. The van der Waals surface area contributed by atoms with Crippen LogP contribution in [0.3, 0.4) is 0 Å². The third-order valence-electron chi connectivity index (χ3n) is 3.25. The minimum absolute atomic E-state index is 0.0489. The average Bonchev–Trinajstić information content (AvgIpc) is 2.83. The third kappa shape index (κ3) is 2.24. The van der Waals surface area contributed by atoms with Crippen LogP contribution in [-0.2, 0) is 12.5 Å². The average molecular weight is 257 g/mol. The molecule has 0 aliphatic heterocycles. The van der Waals surface area contributed by atoms with Crippen molar-refractivity contribution in [3.05, 3.63) is 72.4 Å². The normalized spacial score (nSPS) is 11.9. The van der Waals surface area contributed by atoms with Crippen LogP contribution in [0.2, 0.25) is 0 Å². The highest BCUT2D eigenvalue weighted by atomic mass is 19.3. The summed E-state index contributed by atoms with van der Waals surface area (Å²) in [6.07, 6.45) is 1.71. The number of para-hydroxylation sites is 1. The van der Waals surface area contributed by atoms with Gasteiger partial charge in [-0.15, -0.1) is 0 Å². The van der Waals surface area contributed by atoms with E-state index in [0.29, 0.717) is 0 Å². The van der Waals surface area contributed by atoms with Crippen molar-refractivity contribution in [3.8, 4) is 0 Å². The van der Waals surface area contributed by atoms with Gasteiger partial charge in [-0.2, -0.15) is 8.78 Å². The number of rotatable bonds is 3. The van der Waals surface area contributed by atoms with Gasteiger partial charge in [-0.1, -0.05) is 48.5 Å². The van der Waals surface area contributed by atoms with Crippen molar-refractivity contribution in [2.75, 3.05) is 0 Å². The van der Waals surface area contributed by atoms with Gasteiger partial charge in [-0.05, 0) is 17.5 Å². The van der Waals surface area contributed by atoms with Crippen molar-refractivity contribution in [1.29, 1.82) is 0 Å². The maximum Gasteiger partial charge on any atom is 0.290 e. The molecule has 3 rings (SSSR count). The number of alkyl halides is 2. The molecule has 1 heterocycles. The van der Waals surface area contributed by atoms with E-state index in [-0.39, 0.29) is 12.1 Å². The summed E-state index contributed by atoms with van der Waals surface area (Å²) >= 11 is 0. The Morgan fingerprint density at radius 2 is 1.53 bits per heavy atom. The summed E-state index contributed by atoms with van der Waals surface area (Å²) < 4.78 is 30.1. The molecule has 0 amide bonds. The number of aromatic nitrogens is 1. The van der Waals surface area contributed by atoms with Gasteiger partial charge in [-0.3, -0.25) is 0 Å². The van der Waals surface area contributed by atoms with Crippen LogP contribution in [0.5, 0.6) is 0 Å². The molecule has 19 heavy (non-hydrogen) atoms. The fourth-order valence-electron chi connectivity index (χ4n) is 2.27. The lowest BCUT2D eigenvalue weighted by Gasteiger charge is -2.18. The maximum atomic E-state index is 14.2. The molecule has 1 nitrogen and oxygen atoms in total. The first-order valence-corrected chi connectivity index (χ1v) is 6.14. The molecule has 2 aromatic carbocycles. The van der Waals surface area contributed by atoms with Gasteiger partial charge in [0.1, 0.15) is 0 Å². The van der Waals surface area contributed by atoms with E-state index in [1.165, 1.54) is 12.1 Å². The Labute approximate surface area is 110 Å². The number of halogens is 2. The van der Waals surface area contributed by atoms with Crippen LogP contribution in [0.15, 0.2) is 66.9 Å². The molecule has 0 unspecified atom stereocenters. The minimum atomic E-state index is -2.87. The summed E-state index contributed by atoms with van der Waals surface area (Å²) in [7, 11) is 0. The van der Waals surface area contributed by atoms with Crippen LogP contribution in [0.25, 0.3) is 10.9 Å². The molecule has 3 heteroatoms. The quantitative estimate of drug-likeness (QED) is 0.654. The van der Waals surface area contributed by atoms with Crippen molar-refractivity contribution in [2.45, 2.75) is 12.5 Å². The van der Waals surface area contributed by atoms with Crippen molar-refractivity contribution < 1.29 is 8.78 Å². The molecule has 0 saturated heterocycles.